The van der Waals surface area contributed by atoms with Gasteiger partial charge in [-0.3, -0.25) is 14.3 Å². The van der Waals surface area contributed by atoms with E-state index < -0.39 is 0 Å². The van der Waals surface area contributed by atoms with Gasteiger partial charge in [0.25, 0.3) is 5.91 Å². The van der Waals surface area contributed by atoms with Crippen LogP contribution in [-0.4, -0.2) is 29.4 Å². The van der Waals surface area contributed by atoms with Gasteiger partial charge in [0.15, 0.2) is 0 Å². The number of hydrogen-bond donors (Lipinski definition) is 1. The number of benzene rings is 1. The standard InChI is InChI=1S/C14H17N3O3/c1-4-20-16-14(18)13-9-12(15-17(13)2)10-5-7-11(19-3)8-6-10/h5-9H,4H2,1-3H3,(H,16,18). The highest BCUT2D eigenvalue weighted by molar-refractivity contribution is 5.92. The van der Waals surface area contributed by atoms with Crippen LogP contribution >= 0.6 is 0 Å². The van der Waals surface area contributed by atoms with E-state index in [0.29, 0.717) is 12.3 Å². The molecule has 6 nitrogen and oxygen atoms in total. The number of nitrogens with one attached hydrogen (secondary N) is 1. The second-order valence-corrected chi connectivity index (χ2v) is 4.13. The molecule has 0 fully saturated rings. The summed E-state index contributed by atoms with van der Waals surface area (Å²) in [6, 6.07) is 9.21. The topological polar surface area (TPSA) is 65.4 Å². The van der Waals surface area contributed by atoms with Crippen molar-refractivity contribution < 1.29 is 14.4 Å². The van der Waals surface area contributed by atoms with Crippen LogP contribution in [-0.2, 0) is 11.9 Å². The fourth-order valence-electron chi connectivity index (χ4n) is 1.77. The van der Waals surface area contributed by atoms with Gasteiger partial charge in [0.2, 0.25) is 0 Å². The lowest BCUT2D eigenvalue weighted by Crippen LogP contribution is -2.25. The normalized spacial score (nSPS) is 10.3. The van der Waals surface area contributed by atoms with Gasteiger partial charge in [-0.15, -0.1) is 0 Å². The molecule has 106 valence electrons. The summed E-state index contributed by atoms with van der Waals surface area (Å²) >= 11 is 0. The molecule has 0 bridgehead atoms. The maximum atomic E-state index is 11.9. The molecule has 0 saturated heterocycles. The maximum Gasteiger partial charge on any atom is 0.293 e. The van der Waals surface area contributed by atoms with Crippen LogP contribution in [0.25, 0.3) is 11.3 Å². The van der Waals surface area contributed by atoms with Gasteiger partial charge in [-0.25, -0.2) is 5.48 Å². The number of carbonyl (C=O) groups excluding carboxylic acids is 1. The van der Waals surface area contributed by atoms with Crippen LogP contribution in [0.5, 0.6) is 5.75 Å². The highest BCUT2D eigenvalue weighted by Crippen LogP contribution is 2.21. The van der Waals surface area contributed by atoms with Gasteiger partial charge in [-0.1, -0.05) is 0 Å². The van der Waals surface area contributed by atoms with Gasteiger partial charge in [0.05, 0.1) is 19.4 Å². The first-order chi connectivity index (χ1) is 9.65. The molecule has 1 aromatic carbocycles. The highest BCUT2D eigenvalue weighted by Gasteiger charge is 2.14. The fourth-order valence-corrected chi connectivity index (χ4v) is 1.77. The minimum absolute atomic E-state index is 0.318. The van der Waals surface area contributed by atoms with Crippen LogP contribution in [0.1, 0.15) is 17.4 Å². The second-order valence-electron chi connectivity index (χ2n) is 4.13. The molecular weight excluding hydrogens is 258 g/mol. The number of hydrogen-bond acceptors (Lipinski definition) is 4. The SMILES string of the molecule is CCONC(=O)c1cc(-c2ccc(OC)cc2)nn1C. The lowest BCUT2D eigenvalue weighted by Gasteiger charge is -2.02. The average Bonchev–Trinajstić information content (AvgIpc) is 2.87. The van der Waals surface area contributed by atoms with Gasteiger partial charge < -0.3 is 4.74 Å². The molecule has 1 aromatic heterocycles. The van der Waals surface area contributed by atoms with Gasteiger partial charge in [-0.2, -0.15) is 5.10 Å². The number of amides is 1. The zero-order valence-corrected chi connectivity index (χ0v) is 11.7. The number of aryl methyl sites for hydroxylation is 1. The van der Waals surface area contributed by atoms with Crippen molar-refractivity contribution in [2.75, 3.05) is 13.7 Å². The lowest BCUT2D eigenvalue weighted by molar-refractivity contribution is 0.0356. The summed E-state index contributed by atoms with van der Waals surface area (Å²) in [5, 5.41) is 4.32. The van der Waals surface area contributed by atoms with Gasteiger partial charge in [-0.05, 0) is 37.3 Å². The summed E-state index contributed by atoms with van der Waals surface area (Å²) in [7, 11) is 3.33. The van der Waals surface area contributed by atoms with E-state index in [0.717, 1.165) is 17.0 Å². The van der Waals surface area contributed by atoms with E-state index in [9.17, 15) is 4.79 Å². The van der Waals surface area contributed by atoms with Crippen molar-refractivity contribution >= 4 is 5.91 Å². The molecule has 0 aliphatic carbocycles. The van der Waals surface area contributed by atoms with Crippen molar-refractivity contribution in [3.05, 3.63) is 36.0 Å². The van der Waals surface area contributed by atoms with E-state index in [1.807, 2.05) is 24.3 Å². The van der Waals surface area contributed by atoms with Crippen molar-refractivity contribution in [2.24, 2.45) is 7.05 Å². The number of carbonyl (C=O) groups is 1. The molecule has 0 radical (unpaired) electrons. The molecule has 1 amide bonds. The number of ether oxygens (including phenoxy) is 1. The average molecular weight is 275 g/mol. The van der Waals surface area contributed by atoms with Gasteiger partial charge in [0.1, 0.15) is 11.4 Å². The molecule has 0 atom stereocenters. The predicted molar refractivity (Wildman–Crippen MR) is 74.3 cm³/mol. The molecule has 0 aliphatic rings. The summed E-state index contributed by atoms with van der Waals surface area (Å²) in [5.41, 5.74) is 4.42. The molecule has 20 heavy (non-hydrogen) atoms. The summed E-state index contributed by atoms with van der Waals surface area (Å²) < 4.78 is 6.63. The predicted octanol–water partition coefficient (Wildman–Crippen LogP) is 1.78. The fraction of sp³-hybridized carbons (Fsp3) is 0.286. The third-order valence-corrected chi connectivity index (χ3v) is 2.81. The van der Waals surface area contributed by atoms with Gasteiger partial charge in [0, 0.05) is 12.6 Å². The molecule has 1 N–H and O–H groups in total. The Morgan fingerprint density at radius 1 is 1.35 bits per heavy atom. The van der Waals surface area contributed by atoms with Crippen molar-refractivity contribution in [1.82, 2.24) is 15.3 Å². The Balaban J connectivity index is 2.23. The number of methoxy groups -OCH3 is 1. The lowest BCUT2D eigenvalue weighted by atomic mass is 10.1. The van der Waals surface area contributed by atoms with E-state index in [4.69, 9.17) is 9.57 Å². The molecule has 1 heterocycles. The molecule has 6 heteroatoms. The molecule has 0 saturated carbocycles. The Bertz CT molecular complexity index is 590. The van der Waals surface area contributed by atoms with Crippen molar-refractivity contribution in [1.29, 1.82) is 0 Å². The number of nitrogens with zero attached hydrogens (tertiary/aromatic N) is 2. The third kappa shape index (κ3) is 2.97. The van der Waals surface area contributed by atoms with E-state index in [2.05, 4.69) is 10.6 Å². The Labute approximate surface area is 117 Å². The first-order valence-electron chi connectivity index (χ1n) is 6.26. The van der Waals surface area contributed by atoms with E-state index in [1.165, 1.54) is 4.68 Å². The molecule has 2 aromatic rings. The van der Waals surface area contributed by atoms with Crippen LogP contribution in [0, 0.1) is 0 Å². The summed E-state index contributed by atoms with van der Waals surface area (Å²) in [6.07, 6.45) is 0. The van der Waals surface area contributed by atoms with Crippen LogP contribution in [0.2, 0.25) is 0 Å². The van der Waals surface area contributed by atoms with Crippen molar-refractivity contribution in [3.63, 3.8) is 0 Å². The van der Waals surface area contributed by atoms with Crippen molar-refractivity contribution in [2.45, 2.75) is 6.92 Å². The van der Waals surface area contributed by atoms with Gasteiger partial charge >= 0.3 is 0 Å². The van der Waals surface area contributed by atoms with E-state index >= 15 is 0 Å². The Morgan fingerprint density at radius 3 is 2.65 bits per heavy atom. The summed E-state index contributed by atoms with van der Waals surface area (Å²) in [5.74, 6) is 0.459. The first kappa shape index (κ1) is 14.1. The summed E-state index contributed by atoms with van der Waals surface area (Å²) in [6.45, 7) is 2.21. The molecule has 0 aliphatic heterocycles. The monoisotopic (exact) mass is 275 g/mol. The summed E-state index contributed by atoms with van der Waals surface area (Å²) in [4.78, 5) is 16.7. The van der Waals surface area contributed by atoms with Crippen LogP contribution in [0.15, 0.2) is 30.3 Å². The van der Waals surface area contributed by atoms with E-state index in [-0.39, 0.29) is 5.91 Å². The van der Waals surface area contributed by atoms with Crippen LogP contribution in [0.3, 0.4) is 0 Å². The highest BCUT2D eigenvalue weighted by atomic mass is 16.6. The third-order valence-electron chi connectivity index (χ3n) is 2.81. The van der Waals surface area contributed by atoms with Crippen LogP contribution < -0.4 is 10.2 Å². The number of rotatable bonds is 5. The molecule has 0 unspecified atom stereocenters. The van der Waals surface area contributed by atoms with Crippen LogP contribution in [0.4, 0.5) is 0 Å². The Hall–Kier alpha value is -2.34. The number of aromatic nitrogens is 2. The number of hydroxylamine groups is 1. The van der Waals surface area contributed by atoms with Crippen molar-refractivity contribution in [3.8, 4) is 17.0 Å². The molecule has 0 spiro atoms. The Kier molecular flexibility index (Phi) is 4.37. The molecule has 2 rings (SSSR count). The zero-order valence-electron chi connectivity index (χ0n) is 11.7. The van der Waals surface area contributed by atoms with E-state index in [1.54, 1.807) is 27.1 Å². The molecular formula is C14H17N3O3. The smallest absolute Gasteiger partial charge is 0.293 e. The minimum atomic E-state index is -0.318. The first-order valence-corrected chi connectivity index (χ1v) is 6.26. The zero-order chi connectivity index (χ0) is 14.5. The minimum Gasteiger partial charge on any atom is -0.497 e. The second kappa shape index (κ2) is 6.21. The Morgan fingerprint density at radius 2 is 2.05 bits per heavy atom. The largest absolute Gasteiger partial charge is 0.497 e. The maximum absolute atomic E-state index is 11.9. The quantitative estimate of drug-likeness (QED) is 0.845.